The zero-order chi connectivity index (χ0) is 16.7. The topological polar surface area (TPSA) is 85.1 Å². The molecule has 2 N–H and O–H groups in total. The number of nitrogen functional groups attached to an aromatic ring is 1. The molecule has 3 aromatic rings. The first-order valence-corrected chi connectivity index (χ1v) is 7.68. The van der Waals surface area contributed by atoms with E-state index in [0.717, 1.165) is 33.7 Å². The summed E-state index contributed by atoms with van der Waals surface area (Å²) < 4.78 is 11.3. The molecular formula is C19H15N3O2. The van der Waals surface area contributed by atoms with E-state index in [0.29, 0.717) is 12.2 Å². The molecule has 0 radical (unpaired) electrons. The summed E-state index contributed by atoms with van der Waals surface area (Å²) >= 11 is 0. The van der Waals surface area contributed by atoms with Crippen LogP contribution < -0.4 is 5.73 Å². The summed E-state index contributed by atoms with van der Waals surface area (Å²) in [7, 11) is 0. The first kappa shape index (κ1) is 14.5. The van der Waals surface area contributed by atoms with Crippen molar-refractivity contribution in [2.45, 2.75) is 19.6 Å². The van der Waals surface area contributed by atoms with Crippen molar-refractivity contribution in [3.05, 3.63) is 59.5 Å². The van der Waals surface area contributed by atoms with E-state index in [-0.39, 0.29) is 11.9 Å². The Morgan fingerprint density at radius 3 is 2.71 bits per heavy atom. The predicted octanol–water partition coefficient (Wildman–Crippen LogP) is 4.05. The van der Waals surface area contributed by atoms with Crippen LogP contribution in [0.15, 0.2) is 47.1 Å². The minimum absolute atomic E-state index is 0.135. The van der Waals surface area contributed by atoms with Gasteiger partial charge in [0.2, 0.25) is 0 Å². The lowest BCUT2D eigenvalue weighted by atomic mass is 9.90. The molecule has 3 heterocycles. The minimum atomic E-state index is -0.135. The molecule has 0 saturated carbocycles. The van der Waals surface area contributed by atoms with Crippen molar-refractivity contribution in [2.75, 3.05) is 5.73 Å². The van der Waals surface area contributed by atoms with Gasteiger partial charge in [-0.3, -0.25) is 0 Å². The molecule has 5 nitrogen and oxygen atoms in total. The van der Waals surface area contributed by atoms with Crippen LogP contribution in [-0.2, 0) is 11.3 Å². The highest BCUT2D eigenvalue weighted by Crippen LogP contribution is 2.43. The normalized spacial score (nSPS) is 15.9. The number of nitriles is 1. The Hall–Kier alpha value is -3.10. The summed E-state index contributed by atoms with van der Waals surface area (Å²) in [5.74, 6) is 0.975. The van der Waals surface area contributed by atoms with Crippen LogP contribution in [0.4, 0.5) is 5.82 Å². The fourth-order valence-electron chi connectivity index (χ4n) is 3.19. The first-order chi connectivity index (χ1) is 11.7. The third-order valence-electron chi connectivity index (χ3n) is 4.32. The highest BCUT2D eigenvalue weighted by molar-refractivity contribution is 5.88. The number of fused-ring (bicyclic) bond motifs is 1. The fraction of sp³-hybridized carbons (Fsp3) is 0.158. The van der Waals surface area contributed by atoms with E-state index in [1.165, 1.54) is 0 Å². The molecule has 0 spiro atoms. The zero-order valence-corrected chi connectivity index (χ0v) is 13.1. The van der Waals surface area contributed by atoms with E-state index >= 15 is 0 Å². The van der Waals surface area contributed by atoms with E-state index in [1.807, 2.05) is 43.3 Å². The highest BCUT2D eigenvalue weighted by Gasteiger charge is 2.29. The van der Waals surface area contributed by atoms with Crippen molar-refractivity contribution in [3.63, 3.8) is 0 Å². The summed E-state index contributed by atoms with van der Waals surface area (Å²) in [5.41, 5.74) is 10.8. The number of aromatic nitrogens is 1. The number of nitrogens with two attached hydrogens (primary N) is 1. The standard InChI is InChI=1S/C19H15N3O2/c1-11-18-15(10-24-11)17(14(9-20)19(21)22-18)13-6-3-2-5-12(13)16-7-4-8-23-16/h2-8,11H,10H2,1H3,(H2,21,22)/t11-/m1/s1. The molecule has 1 atom stereocenters. The molecule has 5 heteroatoms. The second-order valence-corrected chi connectivity index (χ2v) is 5.70. The lowest BCUT2D eigenvalue weighted by Gasteiger charge is -2.15. The molecule has 0 saturated heterocycles. The number of hydrogen-bond acceptors (Lipinski definition) is 5. The van der Waals surface area contributed by atoms with Crippen LogP contribution in [0.1, 0.15) is 29.8 Å². The molecule has 0 fully saturated rings. The molecular weight excluding hydrogens is 302 g/mol. The third-order valence-corrected chi connectivity index (χ3v) is 4.32. The molecule has 118 valence electrons. The highest BCUT2D eigenvalue weighted by atomic mass is 16.5. The maximum atomic E-state index is 9.64. The van der Waals surface area contributed by atoms with Crippen molar-refractivity contribution in [3.8, 4) is 28.5 Å². The van der Waals surface area contributed by atoms with Crippen LogP contribution in [0.3, 0.4) is 0 Å². The smallest absolute Gasteiger partial charge is 0.142 e. The number of anilines is 1. The van der Waals surface area contributed by atoms with Gasteiger partial charge in [-0.05, 0) is 24.6 Å². The van der Waals surface area contributed by atoms with Gasteiger partial charge in [0.15, 0.2) is 0 Å². The average molecular weight is 317 g/mol. The van der Waals surface area contributed by atoms with Gasteiger partial charge >= 0.3 is 0 Å². The van der Waals surface area contributed by atoms with Crippen LogP contribution in [0.5, 0.6) is 0 Å². The largest absolute Gasteiger partial charge is 0.464 e. The number of furan rings is 1. The molecule has 1 aliphatic rings. The van der Waals surface area contributed by atoms with Crippen molar-refractivity contribution in [1.82, 2.24) is 4.98 Å². The van der Waals surface area contributed by atoms with Gasteiger partial charge in [0.1, 0.15) is 23.2 Å². The van der Waals surface area contributed by atoms with E-state index < -0.39 is 0 Å². The Morgan fingerprint density at radius 2 is 2.00 bits per heavy atom. The molecule has 24 heavy (non-hydrogen) atoms. The predicted molar refractivity (Wildman–Crippen MR) is 89.7 cm³/mol. The van der Waals surface area contributed by atoms with Crippen molar-refractivity contribution in [2.24, 2.45) is 0 Å². The van der Waals surface area contributed by atoms with Gasteiger partial charge in [-0.2, -0.15) is 5.26 Å². The van der Waals surface area contributed by atoms with E-state index in [1.54, 1.807) is 6.26 Å². The van der Waals surface area contributed by atoms with Crippen molar-refractivity contribution in [1.29, 1.82) is 5.26 Å². The van der Waals surface area contributed by atoms with Crippen LogP contribution in [0, 0.1) is 11.3 Å². The second kappa shape index (κ2) is 5.52. The Bertz CT molecular complexity index is 955. The lowest BCUT2D eigenvalue weighted by Crippen LogP contribution is -2.05. The second-order valence-electron chi connectivity index (χ2n) is 5.70. The van der Waals surface area contributed by atoms with E-state index in [2.05, 4.69) is 11.1 Å². The maximum absolute atomic E-state index is 9.64. The molecule has 4 rings (SSSR count). The summed E-state index contributed by atoms with van der Waals surface area (Å²) in [6.07, 6.45) is 1.50. The number of benzene rings is 1. The zero-order valence-electron chi connectivity index (χ0n) is 13.1. The summed E-state index contributed by atoms with van der Waals surface area (Å²) in [5, 5.41) is 9.64. The van der Waals surface area contributed by atoms with Crippen LogP contribution >= 0.6 is 0 Å². The van der Waals surface area contributed by atoms with E-state index in [9.17, 15) is 5.26 Å². The van der Waals surface area contributed by atoms with Gasteiger partial charge in [0, 0.05) is 16.7 Å². The maximum Gasteiger partial charge on any atom is 0.142 e. The SMILES string of the molecule is C[C@H]1OCc2c1nc(N)c(C#N)c2-c1ccccc1-c1ccco1. The van der Waals surface area contributed by atoms with Gasteiger partial charge in [0.25, 0.3) is 0 Å². The van der Waals surface area contributed by atoms with Crippen molar-refractivity contribution >= 4 is 5.82 Å². The molecule has 0 bridgehead atoms. The minimum Gasteiger partial charge on any atom is -0.464 e. The average Bonchev–Trinajstić information content (AvgIpc) is 3.25. The molecule has 0 amide bonds. The molecule has 2 aromatic heterocycles. The quantitative estimate of drug-likeness (QED) is 0.770. The van der Waals surface area contributed by atoms with Crippen molar-refractivity contribution < 1.29 is 9.15 Å². The first-order valence-electron chi connectivity index (χ1n) is 7.68. The number of ether oxygens (including phenoxy) is 1. The number of hydrogen-bond donors (Lipinski definition) is 1. The monoisotopic (exact) mass is 317 g/mol. The Morgan fingerprint density at radius 1 is 1.21 bits per heavy atom. The van der Waals surface area contributed by atoms with Gasteiger partial charge in [-0.25, -0.2) is 4.98 Å². The van der Waals surface area contributed by atoms with E-state index in [4.69, 9.17) is 14.9 Å². The van der Waals surface area contributed by atoms with Gasteiger partial charge < -0.3 is 14.9 Å². The number of rotatable bonds is 2. The van der Waals surface area contributed by atoms with Gasteiger partial charge in [-0.1, -0.05) is 24.3 Å². The van der Waals surface area contributed by atoms with Crippen LogP contribution in [-0.4, -0.2) is 4.98 Å². The molecule has 0 unspecified atom stereocenters. The third kappa shape index (κ3) is 2.08. The lowest BCUT2D eigenvalue weighted by molar-refractivity contribution is 0.0780. The fourth-order valence-corrected chi connectivity index (χ4v) is 3.19. The summed E-state index contributed by atoms with van der Waals surface area (Å²) in [6, 6.07) is 13.8. The van der Waals surface area contributed by atoms with Crippen LogP contribution in [0.2, 0.25) is 0 Å². The Balaban J connectivity index is 2.06. The number of nitrogens with zero attached hydrogens (tertiary/aromatic N) is 2. The Labute approximate surface area is 139 Å². The molecule has 1 aromatic carbocycles. The van der Waals surface area contributed by atoms with Gasteiger partial charge in [0.05, 0.1) is 24.7 Å². The summed E-state index contributed by atoms with van der Waals surface area (Å²) in [6.45, 7) is 2.35. The van der Waals surface area contributed by atoms with Crippen LogP contribution in [0.25, 0.3) is 22.5 Å². The Kier molecular flexibility index (Phi) is 3.33. The van der Waals surface area contributed by atoms with Gasteiger partial charge in [-0.15, -0.1) is 0 Å². The molecule has 0 aliphatic carbocycles. The number of pyridine rings is 1. The molecule has 1 aliphatic heterocycles. The summed E-state index contributed by atoms with van der Waals surface area (Å²) in [4.78, 5) is 4.39.